The molecule has 1 heterocycles. The molecule has 0 aliphatic heterocycles. The van der Waals surface area contributed by atoms with Gasteiger partial charge in [-0.25, -0.2) is 13.4 Å². The van der Waals surface area contributed by atoms with Crippen LogP contribution >= 0.6 is 11.3 Å². The van der Waals surface area contributed by atoms with Crippen LogP contribution in [0.2, 0.25) is 0 Å². The summed E-state index contributed by atoms with van der Waals surface area (Å²) in [5.74, 6) is 0.0998. The normalized spacial score (nSPS) is 11.8. The lowest BCUT2D eigenvalue weighted by Gasteiger charge is -1.93. The van der Waals surface area contributed by atoms with Crippen molar-refractivity contribution in [1.82, 2.24) is 4.98 Å². The monoisotopic (exact) mass is 220 g/mol. The Balaban J connectivity index is 2.92. The summed E-state index contributed by atoms with van der Waals surface area (Å²) in [6.07, 6.45) is 0.635. The summed E-state index contributed by atoms with van der Waals surface area (Å²) in [5.41, 5.74) is 6.09. The van der Waals surface area contributed by atoms with Crippen molar-refractivity contribution in [3.05, 3.63) is 11.1 Å². The molecule has 1 rings (SSSR count). The molecular formula is C7H12N2O2S2. The summed E-state index contributed by atoms with van der Waals surface area (Å²) in [7, 11) is -3.13. The number of nitrogens with two attached hydrogens (primary N) is 1. The Morgan fingerprint density at radius 1 is 1.62 bits per heavy atom. The van der Waals surface area contributed by atoms with Gasteiger partial charge in [-0.15, -0.1) is 11.3 Å². The minimum absolute atomic E-state index is 0.0998. The van der Waals surface area contributed by atoms with Gasteiger partial charge in [-0.05, 0) is 6.54 Å². The lowest BCUT2D eigenvalue weighted by atomic mass is 10.3. The van der Waals surface area contributed by atoms with Crippen molar-refractivity contribution in [3.63, 3.8) is 0 Å². The van der Waals surface area contributed by atoms with E-state index < -0.39 is 9.84 Å². The van der Waals surface area contributed by atoms with E-state index in [-0.39, 0.29) is 10.1 Å². The summed E-state index contributed by atoms with van der Waals surface area (Å²) < 4.78 is 22.9. The van der Waals surface area contributed by atoms with E-state index >= 15 is 0 Å². The maximum atomic E-state index is 11.3. The molecule has 4 nitrogen and oxygen atoms in total. The second-order valence-corrected chi connectivity index (χ2v) is 5.86. The molecule has 1 aromatic heterocycles. The zero-order chi connectivity index (χ0) is 9.90. The first kappa shape index (κ1) is 10.6. The van der Waals surface area contributed by atoms with Crippen molar-refractivity contribution in [1.29, 1.82) is 0 Å². The molecular weight excluding hydrogens is 208 g/mol. The van der Waals surface area contributed by atoms with E-state index in [1.165, 1.54) is 11.3 Å². The van der Waals surface area contributed by atoms with Crippen LogP contribution in [-0.2, 0) is 16.3 Å². The quantitative estimate of drug-likeness (QED) is 0.799. The van der Waals surface area contributed by atoms with Crippen molar-refractivity contribution in [3.8, 4) is 0 Å². The fourth-order valence-corrected chi connectivity index (χ4v) is 2.98. The number of hydrogen-bond acceptors (Lipinski definition) is 5. The summed E-state index contributed by atoms with van der Waals surface area (Å²) in [6.45, 7) is 2.11. The Bertz CT molecular complexity index is 370. The van der Waals surface area contributed by atoms with E-state index in [1.54, 1.807) is 12.3 Å². The molecule has 0 unspecified atom stereocenters. The third-order valence-electron chi connectivity index (χ3n) is 1.58. The van der Waals surface area contributed by atoms with Crippen LogP contribution in [-0.4, -0.2) is 25.7 Å². The van der Waals surface area contributed by atoms with E-state index in [0.717, 1.165) is 5.69 Å². The van der Waals surface area contributed by atoms with E-state index in [0.29, 0.717) is 13.0 Å². The van der Waals surface area contributed by atoms with Crippen LogP contribution < -0.4 is 5.73 Å². The van der Waals surface area contributed by atoms with Crippen molar-refractivity contribution in [2.75, 3.05) is 12.3 Å². The fraction of sp³-hybridized carbons (Fsp3) is 0.571. The average molecular weight is 220 g/mol. The third kappa shape index (κ3) is 2.49. The Kier molecular flexibility index (Phi) is 3.40. The van der Waals surface area contributed by atoms with Gasteiger partial charge in [0.05, 0.1) is 11.4 Å². The summed E-state index contributed by atoms with van der Waals surface area (Å²) in [4.78, 5) is 3.99. The number of nitrogens with zero attached hydrogens (tertiary/aromatic N) is 1. The lowest BCUT2D eigenvalue weighted by molar-refractivity contribution is 0.596. The molecule has 2 N–H and O–H groups in total. The summed E-state index contributed by atoms with van der Waals surface area (Å²) in [5, 5.41) is 1.75. The highest BCUT2D eigenvalue weighted by Gasteiger charge is 2.15. The van der Waals surface area contributed by atoms with Crippen molar-refractivity contribution in [2.24, 2.45) is 5.73 Å². The zero-order valence-corrected chi connectivity index (χ0v) is 8.99. The molecule has 0 radical (unpaired) electrons. The van der Waals surface area contributed by atoms with Crippen LogP contribution in [0.5, 0.6) is 0 Å². The van der Waals surface area contributed by atoms with Crippen LogP contribution in [0.25, 0.3) is 0 Å². The van der Waals surface area contributed by atoms with Crippen LogP contribution in [0.4, 0.5) is 0 Å². The molecule has 0 saturated carbocycles. The minimum atomic E-state index is -3.13. The predicted octanol–water partition coefficient (Wildman–Crippen LogP) is 0.438. The molecule has 0 bridgehead atoms. The summed E-state index contributed by atoms with van der Waals surface area (Å²) in [6, 6.07) is 0. The van der Waals surface area contributed by atoms with Gasteiger partial charge >= 0.3 is 0 Å². The Morgan fingerprint density at radius 2 is 2.31 bits per heavy atom. The number of hydrogen-bond donors (Lipinski definition) is 1. The Labute approximate surface area is 81.7 Å². The second-order valence-electron chi connectivity index (χ2n) is 2.55. The van der Waals surface area contributed by atoms with Gasteiger partial charge in [-0.3, -0.25) is 0 Å². The maximum Gasteiger partial charge on any atom is 0.209 e. The molecule has 0 aromatic carbocycles. The van der Waals surface area contributed by atoms with Gasteiger partial charge in [0.15, 0.2) is 0 Å². The smallest absolute Gasteiger partial charge is 0.209 e. The molecule has 0 aliphatic rings. The molecule has 6 heteroatoms. The Hall–Kier alpha value is -0.460. The first-order chi connectivity index (χ1) is 6.10. The zero-order valence-electron chi connectivity index (χ0n) is 7.36. The molecule has 0 aliphatic carbocycles. The van der Waals surface area contributed by atoms with Crippen molar-refractivity contribution < 1.29 is 8.42 Å². The molecule has 0 spiro atoms. The van der Waals surface area contributed by atoms with Gasteiger partial charge in [0.25, 0.3) is 0 Å². The lowest BCUT2D eigenvalue weighted by Crippen LogP contribution is -2.05. The maximum absolute atomic E-state index is 11.3. The van der Waals surface area contributed by atoms with Gasteiger partial charge < -0.3 is 5.73 Å². The van der Waals surface area contributed by atoms with Gasteiger partial charge in [0.1, 0.15) is 0 Å². The van der Waals surface area contributed by atoms with Gasteiger partial charge in [-0.1, -0.05) is 6.92 Å². The van der Waals surface area contributed by atoms with E-state index in [9.17, 15) is 8.42 Å². The van der Waals surface area contributed by atoms with Gasteiger partial charge in [-0.2, -0.15) is 0 Å². The standard InChI is InChI=1S/C7H12N2O2S2/c1-2-13(10,11)7-9-6(3-4-8)5-12-7/h5H,2-4,8H2,1H3. The second kappa shape index (κ2) is 4.17. The number of sulfone groups is 1. The van der Waals surface area contributed by atoms with Crippen LogP contribution in [0.1, 0.15) is 12.6 Å². The highest BCUT2D eigenvalue weighted by atomic mass is 32.2. The average Bonchev–Trinajstić information content (AvgIpc) is 2.54. The molecule has 0 fully saturated rings. The fourth-order valence-electron chi connectivity index (χ4n) is 0.817. The largest absolute Gasteiger partial charge is 0.330 e. The molecule has 1 aromatic rings. The molecule has 0 atom stereocenters. The number of thiazole rings is 1. The SMILES string of the molecule is CCS(=O)(=O)c1nc(CCN)cs1. The summed E-state index contributed by atoms with van der Waals surface area (Å²) >= 11 is 1.17. The topological polar surface area (TPSA) is 73.0 Å². The molecule has 0 amide bonds. The van der Waals surface area contributed by atoms with Crippen LogP contribution in [0.3, 0.4) is 0 Å². The van der Waals surface area contributed by atoms with Gasteiger partial charge in [0.2, 0.25) is 14.2 Å². The highest BCUT2D eigenvalue weighted by Crippen LogP contribution is 2.16. The molecule has 0 saturated heterocycles. The molecule has 74 valence electrons. The number of aromatic nitrogens is 1. The number of rotatable bonds is 4. The predicted molar refractivity (Wildman–Crippen MR) is 52.6 cm³/mol. The van der Waals surface area contributed by atoms with E-state index in [4.69, 9.17) is 5.73 Å². The first-order valence-corrected chi connectivity index (χ1v) is 6.50. The van der Waals surface area contributed by atoms with Crippen LogP contribution in [0.15, 0.2) is 9.72 Å². The van der Waals surface area contributed by atoms with Gasteiger partial charge in [0, 0.05) is 11.8 Å². The Morgan fingerprint density at radius 3 is 2.85 bits per heavy atom. The van der Waals surface area contributed by atoms with E-state index in [2.05, 4.69) is 4.98 Å². The molecule has 13 heavy (non-hydrogen) atoms. The van der Waals surface area contributed by atoms with Crippen molar-refractivity contribution in [2.45, 2.75) is 17.7 Å². The van der Waals surface area contributed by atoms with Crippen LogP contribution in [0, 0.1) is 0 Å². The third-order valence-corrected chi connectivity index (χ3v) is 4.69. The minimum Gasteiger partial charge on any atom is -0.330 e. The first-order valence-electron chi connectivity index (χ1n) is 3.97. The highest BCUT2D eigenvalue weighted by molar-refractivity contribution is 7.93. The van der Waals surface area contributed by atoms with Crippen molar-refractivity contribution >= 4 is 21.2 Å². The van der Waals surface area contributed by atoms with E-state index in [1.807, 2.05) is 0 Å².